The van der Waals surface area contributed by atoms with Gasteiger partial charge in [0.15, 0.2) is 0 Å². The van der Waals surface area contributed by atoms with Crippen LogP contribution in [0.4, 0.5) is 0 Å². The van der Waals surface area contributed by atoms with Crippen molar-refractivity contribution in [1.82, 2.24) is 14.7 Å². The molecule has 6 atom stereocenters. The Morgan fingerprint density at radius 3 is 2.47 bits per heavy atom. The second-order valence-corrected chi connectivity index (χ2v) is 10.4. The number of ether oxygens (including phenoxy) is 1. The summed E-state index contributed by atoms with van der Waals surface area (Å²) in [5, 5.41) is 10.5. The van der Waals surface area contributed by atoms with Crippen LogP contribution in [0.5, 0.6) is 0 Å². The molecule has 0 bridgehead atoms. The van der Waals surface area contributed by atoms with Crippen LogP contribution in [0, 0.1) is 11.8 Å². The SMILES string of the molecule is CCCN1CC=C[C@@H]2O[C@]34C=CCN(C(C)C)C(=O)C3N([C@H](CO)c3ccccc3)C(=O)[C@@H]4[C@@H]2C1=O. The molecule has 2 fully saturated rings. The van der Waals surface area contributed by atoms with Gasteiger partial charge in [0.2, 0.25) is 17.7 Å². The molecule has 192 valence electrons. The quantitative estimate of drug-likeness (QED) is 0.612. The van der Waals surface area contributed by atoms with Crippen LogP contribution in [-0.4, -0.2) is 87.6 Å². The Bertz CT molecular complexity index is 1090. The molecule has 1 spiro atoms. The number of aliphatic hydroxyl groups excluding tert-OH is 1. The van der Waals surface area contributed by atoms with Gasteiger partial charge in [0.05, 0.1) is 30.6 Å². The Balaban J connectivity index is 1.66. The summed E-state index contributed by atoms with van der Waals surface area (Å²) in [4.78, 5) is 47.3. The van der Waals surface area contributed by atoms with E-state index in [0.29, 0.717) is 19.6 Å². The smallest absolute Gasteiger partial charge is 0.249 e. The number of aliphatic hydroxyl groups is 1. The number of hydrogen-bond acceptors (Lipinski definition) is 5. The third-order valence-corrected chi connectivity index (χ3v) is 8.02. The summed E-state index contributed by atoms with van der Waals surface area (Å²) < 4.78 is 6.65. The number of fused-ring (bicyclic) bond motifs is 2. The third-order valence-electron chi connectivity index (χ3n) is 8.02. The lowest BCUT2D eigenvalue weighted by Gasteiger charge is -2.39. The first-order valence-corrected chi connectivity index (χ1v) is 12.9. The van der Waals surface area contributed by atoms with Crippen molar-refractivity contribution in [2.75, 3.05) is 26.2 Å². The lowest BCUT2D eigenvalue weighted by molar-refractivity contribution is -0.152. The standard InChI is InChI=1S/C28H35N3O5/c1-4-14-29-15-8-12-21-22(25(29)33)23-26(34)31(20(17-32)19-10-6-5-7-11-19)24-27(35)30(18(2)3)16-9-13-28(23,24)36-21/h5-13,18,20-24,32H,4,14-17H2,1-3H3/t20-,21+,22-,23+,24?,28+/m1/s1. The molecule has 0 saturated carbocycles. The Kier molecular flexibility index (Phi) is 6.51. The van der Waals surface area contributed by atoms with E-state index in [0.717, 1.165) is 12.0 Å². The molecule has 4 aliphatic heterocycles. The number of amides is 3. The van der Waals surface area contributed by atoms with Crippen molar-refractivity contribution in [3.63, 3.8) is 0 Å². The Labute approximate surface area is 212 Å². The van der Waals surface area contributed by atoms with E-state index >= 15 is 0 Å². The van der Waals surface area contributed by atoms with Gasteiger partial charge >= 0.3 is 0 Å². The van der Waals surface area contributed by atoms with Gasteiger partial charge < -0.3 is 24.5 Å². The van der Waals surface area contributed by atoms with E-state index in [1.807, 2.05) is 75.4 Å². The van der Waals surface area contributed by atoms with Crippen molar-refractivity contribution in [2.24, 2.45) is 11.8 Å². The zero-order valence-electron chi connectivity index (χ0n) is 21.1. The Hall–Kier alpha value is -2.97. The van der Waals surface area contributed by atoms with Crippen LogP contribution >= 0.6 is 0 Å². The zero-order chi connectivity index (χ0) is 25.6. The molecule has 8 nitrogen and oxygen atoms in total. The summed E-state index contributed by atoms with van der Waals surface area (Å²) in [6.07, 6.45) is 7.76. The minimum absolute atomic E-state index is 0.0916. The summed E-state index contributed by atoms with van der Waals surface area (Å²) in [6.45, 7) is 7.01. The molecule has 1 unspecified atom stereocenters. The first-order valence-electron chi connectivity index (χ1n) is 12.9. The van der Waals surface area contributed by atoms with E-state index in [1.54, 1.807) is 9.80 Å². The lowest BCUT2D eigenvalue weighted by atomic mass is 9.77. The molecule has 2 saturated heterocycles. The van der Waals surface area contributed by atoms with E-state index in [9.17, 15) is 19.5 Å². The fourth-order valence-corrected chi connectivity index (χ4v) is 6.45. The maximum absolute atomic E-state index is 14.4. The van der Waals surface area contributed by atoms with Crippen molar-refractivity contribution in [1.29, 1.82) is 0 Å². The van der Waals surface area contributed by atoms with Gasteiger partial charge in [0, 0.05) is 25.7 Å². The highest BCUT2D eigenvalue weighted by molar-refractivity contribution is 6.00. The highest BCUT2D eigenvalue weighted by atomic mass is 16.5. The number of hydrogen-bond donors (Lipinski definition) is 1. The molecule has 4 aliphatic rings. The maximum Gasteiger partial charge on any atom is 0.249 e. The van der Waals surface area contributed by atoms with Crippen LogP contribution in [0.1, 0.15) is 38.8 Å². The summed E-state index contributed by atoms with van der Waals surface area (Å²) in [6, 6.07) is 7.44. The minimum Gasteiger partial charge on any atom is -0.394 e. The number of carbonyl (C=O) groups excluding carboxylic acids is 3. The van der Waals surface area contributed by atoms with Crippen LogP contribution in [-0.2, 0) is 19.1 Å². The van der Waals surface area contributed by atoms with Crippen LogP contribution in [0.2, 0.25) is 0 Å². The van der Waals surface area contributed by atoms with Gasteiger partial charge in [-0.25, -0.2) is 0 Å². The molecule has 3 amide bonds. The van der Waals surface area contributed by atoms with Gasteiger partial charge in [-0.05, 0) is 25.8 Å². The molecule has 8 heteroatoms. The van der Waals surface area contributed by atoms with Gasteiger partial charge in [-0.1, -0.05) is 61.6 Å². The molecule has 1 aromatic rings. The summed E-state index contributed by atoms with van der Waals surface area (Å²) in [7, 11) is 0. The van der Waals surface area contributed by atoms with Crippen molar-refractivity contribution in [2.45, 2.75) is 57.0 Å². The normalized spacial score (nSPS) is 32.5. The summed E-state index contributed by atoms with van der Waals surface area (Å²) >= 11 is 0. The number of rotatable bonds is 6. The molecule has 0 aromatic heterocycles. The van der Waals surface area contributed by atoms with Crippen LogP contribution in [0.25, 0.3) is 0 Å². The highest BCUT2D eigenvalue weighted by Crippen LogP contribution is 2.55. The molecular formula is C28H35N3O5. The highest BCUT2D eigenvalue weighted by Gasteiger charge is 2.72. The largest absolute Gasteiger partial charge is 0.394 e. The molecule has 4 heterocycles. The molecule has 1 N–H and O–H groups in total. The molecule has 1 aromatic carbocycles. The second-order valence-electron chi connectivity index (χ2n) is 10.4. The number of likely N-dealkylation sites (tertiary alicyclic amines) is 1. The zero-order valence-corrected chi connectivity index (χ0v) is 21.1. The monoisotopic (exact) mass is 493 g/mol. The van der Waals surface area contributed by atoms with Crippen molar-refractivity contribution in [3.8, 4) is 0 Å². The Morgan fingerprint density at radius 2 is 1.81 bits per heavy atom. The van der Waals surface area contributed by atoms with Crippen molar-refractivity contribution >= 4 is 17.7 Å². The fourth-order valence-electron chi connectivity index (χ4n) is 6.45. The van der Waals surface area contributed by atoms with Gasteiger partial charge in [-0.3, -0.25) is 14.4 Å². The first-order chi connectivity index (χ1) is 17.4. The van der Waals surface area contributed by atoms with Gasteiger partial charge in [-0.15, -0.1) is 0 Å². The number of nitrogens with zero attached hydrogens (tertiary/aromatic N) is 3. The van der Waals surface area contributed by atoms with E-state index < -0.39 is 35.6 Å². The van der Waals surface area contributed by atoms with Gasteiger partial charge in [0.1, 0.15) is 11.6 Å². The third kappa shape index (κ3) is 3.61. The average Bonchev–Trinajstić information content (AvgIpc) is 3.18. The number of carbonyl (C=O) groups is 3. The van der Waals surface area contributed by atoms with Crippen molar-refractivity contribution < 1.29 is 24.2 Å². The average molecular weight is 494 g/mol. The van der Waals surface area contributed by atoms with Crippen LogP contribution in [0.3, 0.4) is 0 Å². The van der Waals surface area contributed by atoms with Gasteiger partial charge in [0.25, 0.3) is 0 Å². The molecular weight excluding hydrogens is 458 g/mol. The predicted molar refractivity (Wildman–Crippen MR) is 133 cm³/mol. The molecule has 0 aliphatic carbocycles. The lowest BCUT2D eigenvalue weighted by Crippen LogP contribution is -2.57. The van der Waals surface area contributed by atoms with E-state index in [2.05, 4.69) is 0 Å². The van der Waals surface area contributed by atoms with Gasteiger partial charge in [-0.2, -0.15) is 0 Å². The van der Waals surface area contributed by atoms with Crippen LogP contribution < -0.4 is 0 Å². The molecule has 36 heavy (non-hydrogen) atoms. The van der Waals surface area contributed by atoms with E-state index in [-0.39, 0.29) is 30.4 Å². The first kappa shape index (κ1) is 24.7. The van der Waals surface area contributed by atoms with Crippen molar-refractivity contribution in [3.05, 3.63) is 60.2 Å². The number of benzene rings is 1. The summed E-state index contributed by atoms with van der Waals surface area (Å²) in [5.74, 6) is -2.24. The predicted octanol–water partition coefficient (Wildman–Crippen LogP) is 1.92. The molecule has 0 radical (unpaired) electrons. The summed E-state index contributed by atoms with van der Waals surface area (Å²) in [5.41, 5.74) is -0.554. The van der Waals surface area contributed by atoms with E-state index in [4.69, 9.17) is 4.74 Å². The second kappa shape index (κ2) is 9.48. The van der Waals surface area contributed by atoms with Crippen LogP contribution in [0.15, 0.2) is 54.6 Å². The molecule has 5 rings (SSSR count). The Morgan fingerprint density at radius 1 is 1.06 bits per heavy atom. The fraction of sp³-hybridized carbons (Fsp3) is 0.536. The van der Waals surface area contributed by atoms with E-state index in [1.165, 1.54) is 4.90 Å². The topological polar surface area (TPSA) is 90.4 Å². The maximum atomic E-state index is 14.4. The minimum atomic E-state index is -1.29.